The van der Waals surface area contributed by atoms with Crippen molar-refractivity contribution < 1.29 is 4.79 Å². The van der Waals surface area contributed by atoms with Gasteiger partial charge in [-0.25, -0.2) is 0 Å². The maximum absolute atomic E-state index is 13.4. The minimum Gasteiger partial charge on any atom is -0.311 e. The SMILES string of the molecule is Cc1c(C(=O)CN2CCCC2(C)C)c2ncc(Br)cc2n1-c1ccc(C#N)cc1. The number of fused-ring (bicyclic) bond motifs is 1. The largest absolute Gasteiger partial charge is 0.311 e. The van der Waals surface area contributed by atoms with Gasteiger partial charge in [0.25, 0.3) is 0 Å². The van der Waals surface area contributed by atoms with Crippen LogP contribution in [-0.4, -0.2) is 38.9 Å². The molecule has 1 aliphatic rings. The van der Waals surface area contributed by atoms with E-state index in [9.17, 15) is 4.79 Å². The van der Waals surface area contributed by atoms with Crippen molar-refractivity contribution >= 4 is 32.7 Å². The van der Waals surface area contributed by atoms with Gasteiger partial charge in [-0.15, -0.1) is 0 Å². The summed E-state index contributed by atoms with van der Waals surface area (Å²) in [5.41, 5.74) is 4.71. The highest BCUT2D eigenvalue weighted by molar-refractivity contribution is 9.10. The molecule has 3 heterocycles. The first-order valence-electron chi connectivity index (χ1n) is 9.77. The van der Waals surface area contributed by atoms with Crippen molar-refractivity contribution in [3.63, 3.8) is 0 Å². The molecule has 0 unspecified atom stereocenters. The van der Waals surface area contributed by atoms with E-state index in [2.05, 4.69) is 50.3 Å². The number of pyridine rings is 1. The van der Waals surface area contributed by atoms with Gasteiger partial charge < -0.3 is 4.57 Å². The number of halogens is 1. The molecule has 1 aliphatic heterocycles. The van der Waals surface area contributed by atoms with Crippen LogP contribution < -0.4 is 0 Å². The Kier molecular flexibility index (Phi) is 5.05. The number of nitriles is 1. The number of ketones is 1. The van der Waals surface area contributed by atoms with Crippen LogP contribution in [0.3, 0.4) is 0 Å². The lowest BCUT2D eigenvalue weighted by Gasteiger charge is -2.30. The Balaban J connectivity index is 1.83. The fourth-order valence-electron chi connectivity index (χ4n) is 4.32. The predicted octanol–water partition coefficient (Wildman–Crippen LogP) is 5.03. The molecule has 6 heteroatoms. The number of hydrogen-bond donors (Lipinski definition) is 0. The molecule has 1 saturated heterocycles. The van der Waals surface area contributed by atoms with Gasteiger partial charge >= 0.3 is 0 Å². The molecule has 0 N–H and O–H groups in total. The van der Waals surface area contributed by atoms with Crippen molar-refractivity contribution in [1.29, 1.82) is 5.26 Å². The number of nitrogens with zero attached hydrogens (tertiary/aromatic N) is 4. The Labute approximate surface area is 179 Å². The summed E-state index contributed by atoms with van der Waals surface area (Å²) in [6.45, 7) is 7.73. The Hall–Kier alpha value is -2.49. The van der Waals surface area contributed by atoms with E-state index in [1.165, 1.54) is 0 Å². The van der Waals surface area contributed by atoms with Crippen molar-refractivity contribution in [2.75, 3.05) is 13.1 Å². The van der Waals surface area contributed by atoms with Crippen LogP contribution in [0.4, 0.5) is 0 Å². The predicted molar refractivity (Wildman–Crippen MR) is 117 cm³/mol. The molecule has 1 fully saturated rings. The first-order valence-corrected chi connectivity index (χ1v) is 10.6. The van der Waals surface area contributed by atoms with E-state index in [-0.39, 0.29) is 11.3 Å². The number of carbonyl (C=O) groups excluding carboxylic acids is 1. The van der Waals surface area contributed by atoms with Crippen molar-refractivity contribution in [2.45, 2.75) is 39.2 Å². The third-order valence-electron chi connectivity index (χ3n) is 5.95. The molecule has 3 aromatic rings. The highest BCUT2D eigenvalue weighted by Crippen LogP contribution is 2.32. The van der Waals surface area contributed by atoms with Gasteiger partial charge in [-0.1, -0.05) is 0 Å². The third kappa shape index (κ3) is 3.50. The standard InChI is InChI=1S/C23H23BrN4O/c1-15-21(20(29)14-27-10-4-9-23(27,2)3)22-19(11-17(24)13-26-22)28(15)18-7-5-16(12-25)6-8-18/h5-8,11,13H,4,9-10,14H2,1-3H3. The number of likely N-dealkylation sites (tertiary alicyclic amines) is 1. The van der Waals surface area contributed by atoms with Gasteiger partial charge in [-0.2, -0.15) is 5.26 Å². The summed E-state index contributed by atoms with van der Waals surface area (Å²) in [6, 6.07) is 11.5. The Bertz CT molecular complexity index is 1140. The smallest absolute Gasteiger partial charge is 0.180 e. The highest BCUT2D eigenvalue weighted by Gasteiger charge is 2.34. The summed E-state index contributed by atoms with van der Waals surface area (Å²) in [7, 11) is 0. The van der Waals surface area contributed by atoms with E-state index in [1.54, 1.807) is 18.3 Å². The lowest BCUT2D eigenvalue weighted by Crippen LogP contribution is -2.41. The molecule has 29 heavy (non-hydrogen) atoms. The van der Waals surface area contributed by atoms with Crippen LogP contribution in [0.1, 0.15) is 48.3 Å². The quantitative estimate of drug-likeness (QED) is 0.523. The van der Waals surface area contributed by atoms with E-state index in [0.717, 1.165) is 46.3 Å². The van der Waals surface area contributed by atoms with Crippen LogP contribution in [-0.2, 0) is 0 Å². The van der Waals surface area contributed by atoms with Gasteiger partial charge in [0.05, 0.1) is 34.8 Å². The summed E-state index contributed by atoms with van der Waals surface area (Å²) in [5, 5.41) is 9.09. The van der Waals surface area contributed by atoms with Crippen molar-refractivity contribution in [2.24, 2.45) is 0 Å². The van der Waals surface area contributed by atoms with Crippen LogP contribution in [0.2, 0.25) is 0 Å². The second-order valence-electron chi connectivity index (χ2n) is 8.24. The first-order chi connectivity index (χ1) is 13.8. The topological polar surface area (TPSA) is 61.9 Å². The first kappa shape index (κ1) is 19.8. The molecule has 5 nitrogen and oxygen atoms in total. The fraction of sp³-hybridized carbons (Fsp3) is 0.348. The molecule has 0 spiro atoms. The molecule has 0 bridgehead atoms. The van der Waals surface area contributed by atoms with Gasteiger partial charge in [0.15, 0.2) is 5.78 Å². The van der Waals surface area contributed by atoms with Crippen molar-refractivity contribution in [3.05, 3.63) is 57.8 Å². The average Bonchev–Trinajstić information content (AvgIpc) is 3.17. The summed E-state index contributed by atoms with van der Waals surface area (Å²) in [5.74, 6) is 0.102. The Morgan fingerprint density at radius 3 is 2.66 bits per heavy atom. The summed E-state index contributed by atoms with van der Waals surface area (Å²) in [4.78, 5) is 20.3. The molecular formula is C23H23BrN4O. The zero-order chi connectivity index (χ0) is 20.8. The van der Waals surface area contributed by atoms with Gasteiger partial charge in [0, 0.05) is 27.6 Å². The van der Waals surface area contributed by atoms with Crippen LogP contribution >= 0.6 is 15.9 Å². The van der Waals surface area contributed by atoms with Gasteiger partial charge in [-0.3, -0.25) is 14.7 Å². The van der Waals surface area contributed by atoms with Gasteiger partial charge in [-0.05, 0) is 86.4 Å². The third-order valence-corrected chi connectivity index (χ3v) is 6.38. The molecule has 148 valence electrons. The summed E-state index contributed by atoms with van der Waals surface area (Å²) < 4.78 is 2.91. The second-order valence-corrected chi connectivity index (χ2v) is 9.15. The zero-order valence-electron chi connectivity index (χ0n) is 16.9. The summed E-state index contributed by atoms with van der Waals surface area (Å²) in [6.07, 6.45) is 3.97. The highest BCUT2D eigenvalue weighted by atomic mass is 79.9. The van der Waals surface area contributed by atoms with E-state index in [1.807, 2.05) is 25.1 Å². The number of Topliss-reactive ketones (excluding diaryl/α,β-unsaturated/α-hetero) is 1. The number of aromatic nitrogens is 2. The van der Waals surface area contributed by atoms with Crippen molar-refractivity contribution in [1.82, 2.24) is 14.5 Å². The number of carbonyl (C=O) groups is 1. The molecular weight excluding hydrogens is 428 g/mol. The maximum Gasteiger partial charge on any atom is 0.180 e. The number of benzene rings is 1. The number of hydrogen-bond acceptors (Lipinski definition) is 4. The zero-order valence-corrected chi connectivity index (χ0v) is 18.5. The molecule has 0 amide bonds. The van der Waals surface area contributed by atoms with Gasteiger partial charge in [0.1, 0.15) is 0 Å². The van der Waals surface area contributed by atoms with Gasteiger partial charge in [0.2, 0.25) is 0 Å². The second kappa shape index (κ2) is 7.40. The van der Waals surface area contributed by atoms with Crippen LogP contribution in [0.5, 0.6) is 0 Å². The lowest BCUT2D eigenvalue weighted by molar-refractivity contribution is 0.0872. The molecule has 1 aromatic carbocycles. The molecule has 0 radical (unpaired) electrons. The molecule has 0 aliphatic carbocycles. The Morgan fingerprint density at radius 2 is 2.03 bits per heavy atom. The van der Waals surface area contributed by atoms with E-state index in [4.69, 9.17) is 5.26 Å². The van der Waals surface area contributed by atoms with Crippen LogP contribution in [0.15, 0.2) is 41.0 Å². The minimum atomic E-state index is 0.0471. The number of rotatable bonds is 4. The van der Waals surface area contributed by atoms with Crippen molar-refractivity contribution in [3.8, 4) is 11.8 Å². The van der Waals surface area contributed by atoms with Crippen LogP contribution in [0.25, 0.3) is 16.7 Å². The van der Waals surface area contributed by atoms with E-state index in [0.29, 0.717) is 17.7 Å². The fourth-order valence-corrected chi connectivity index (χ4v) is 4.64. The minimum absolute atomic E-state index is 0.0471. The molecule has 4 rings (SSSR count). The van der Waals surface area contributed by atoms with E-state index >= 15 is 0 Å². The molecule has 0 atom stereocenters. The maximum atomic E-state index is 13.4. The Morgan fingerprint density at radius 1 is 1.31 bits per heavy atom. The normalized spacial score (nSPS) is 16.2. The molecule has 2 aromatic heterocycles. The van der Waals surface area contributed by atoms with Crippen LogP contribution in [0, 0.1) is 18.3 Å². The molecule has 0 saturated carbocycles. The lowest BCUT2D eigenvalue weighted by atomic mass is 10.0. The summed E-state index contributed by atoms with van der Waals surface area (Å²) >= 11 is 3.51. The van der Waals surface area contributed by atoms with E-state index < -0.39 is 0 Å². The average molecular weight is 451 g/mol. The monoisotopic (exact) mass is 450 g/mol.